The molecule has 174 valence electrons. The molecule has 0 spiro atoms. The van der Waals surface area contributed by atoms with Crippen LogP contribution in [0.15, 0.2) is 66.2 Å². The highest BCUT2D eigenvalue weighted by Gasteiger charge is 2.47. The van der Waals surface area contributed by atoms with Crippen molar-refractivity contribution in [2.24, 2.45) is 0 Å². The van der Waals surface area contributed by atoms with Gasteiger partial charge in [-0.2, -0.15) is 0 Å². The van der Waals surface area contributed by atoms with Gasteiger partial charge in [0.25, 0.3) is 11.7 Å². The molecular formula is C25H18Cl2FNO5. The number of halogens is 3. The summed E-state index contributed by atoms with van der Waals surface area (Å²) in [6, 6.07) is 13.4. The molecule has 0 aromatic heterocycles. The zero-order valence-corrected chi connectivity index (χ0v) is 19.5. The molecule has 6 nitrogen and oxygen atoms in total. The molecule has 3 aromatic rings. The standard InChI is InChI=1S/C25H18Cl2FNO5/c1-33-19-12-20(34-2)18(27)11-17(19)23(30)21-22(13-3-7-15(28)8-4-13)29(25(32)24(21)31)16-9-5-14(26)6-10-16/h3-12,22,30H,1-2H3/b23-21+. The van der Waals surface area contributed by atoms with Gasteiger partial charge in [0.15, 0.2) is 0 Å². The maximum absolute atomic E-state index is 13.7. The molecule has 1 aliphatic heterocycles. The number of hydrogen-bond acceptors (Lipinski definition) is 5. The number of carbonyl (C=O) groups is 2. The third kappa shape index (κ3) is 4.08. The first kappa shape index (κ1) is 23.6. The van der Waals surface area contributed by atoms with Crippen molar-refractivity contribution in [3.8, 4) is 11.5 Å². The lowest BCUT2D eigenvalue weighted by Gasteiger charge is -2.25. The summed E-state index contributed by atoms with van der Waals surface area (Å²) in [5.41, 5.74) is 0.677. The van der Waals surface area contributed by atoms with Crippen LogP contribution in [0.3, 0.4) is 0 Å². The highest BCUT2D eigenvalue weighted by atomic mass is 35.5. The Bertz CT molecular complexity index is 1310. The number of anilines is 1. The Kier molecular flexibility index (Phi) is 6.50. The predicted molar refractivity (Wildman–Crippen MR) is 127 cm³/mol. The van der Waals surface area contributed by atoms with Crippen molar-refractivity contribution in [2.75, 3.05) is 19.1 Å². The fourth-order valence-electron chi connectivity index (χ4n) is 3.85. The maximum Gasteiger partial charge on any atom is 0.300 e. The van der Waals surface area contributed by atoms with Crippen LogP contribution in [0.1, 0.15) is 17.2 Å². The van der Waals surface area contributed by atoms with E-state index in [9.17, 15) is 19.1 Å². The molecule has 1 fully saturated rings. The molecule has 34 heavy (non-hydrogen) atoms. The van der Waals surface area contributed by atoms with Gasteiger partial charge >= 0.3 is 0 Å². The number of Topliss-reactive ketones (excluding diaryl/α,β-unsaturated/α-hetero) is 1. The van der Waals surface area contributed by atoms with Crippen molar-refractivity contribution in [2.45, 2.75) is 6.04 Å². The summed E-state index contributed by atoms with van der Waals surface area (Å²) in [6.07, 6.45) is 0. The quantitative estimate of drug-likeness (QED) is 0.272. The van der Waals surface area contributed by atoms with Gasteiger partial charge in [-0.1, -0.05) is 35.3 Å². The summed E-state index contributed by atoms with van der Waals surface area (Å²) in [7, 11) is 2.80. The average molecular weight is 502 g/mol. The van der Waals surface area contributed by atoms with Gasteiger partial charge in [0.05, 0.1) is 36.4 Å². The van der Waals surface area contributed by atoms with Crippen LogP contribution >= 0.6 is 23.2 Å². The number of carbonyl (C=O) groups excluding carboxylic acids is 2. The average Bonchev–Trinajstić information content (AvgIpc) is 3.10. The third-order valence-electron chi connectivity index (χ3n) is 5.46. The number of aliphatic hydroxyl groups is 1. The molecule has 1 aliphatic rings. The fraction of sp³-hybridized carbons (Fsp3) is 0.120. The summed E-state index contributed by atoms with van der Waals surface area (Å²) in [6.45, 7) is 0. The fourth-order valence-corrected chi connectivity index (χ4v) is 4.22. The third-order valence-corrected chi connectivity index (χ3v) is 6.01. The molecular weight excluding hydrogens is 484 g/mol. The number of hydrogen-bond donors (Lipinski definition) is 1. The number of ketones is 1. The molecule has 0 radical (unpaired) electrons. The van der Waals surface area contributed by atoms with Crippen LogP contribution in [0.5, 0.6) is 11.5 Å². The zero-order chi connectivity index (χ0) is 24.6. The van der Waals surface area contributed by atoms with Gasteiger partial charge < -0.3 is 14.6 Å². The van der Waals surface area contributed by atoms with E-state index in [0.717, 1.165) is 0 Å². The van der Waals surface area contributed by atoms with E-state index in [0.29, 0.717) is 22.0 Å². The number of aliphatic hydroxyl groups excluding tert-OH is 1. The largest absolute Gasteiger partial charge is 0.507 e. The summed E-state index contributed by atoms with van der Waals surface area (Å²) in [5, 5.41) is 11.9. The highest BCUT2D eigenvalue weighted by Crippen LogP contribution is 2.44. The first-order valence-corrected chi connectivity index (χ1v) is 10.8. The topological polar surface area (TPSA) is 76.1 Å². The van der Waals surface area contributed by atoms with Gasteiger partial charge in [0.2, 0.25) is 0 Å². The molecule has 1 atom stereocenters. The minimum absolute atomic E-state index is 0.0921. The number of ether oxygens (including phenoxy) is 2. The van der Waals surface area contributed by atoms with E-state index >= 15 is 0 Å². The van der Waals surface area contributed by atoms with Crippen molar-refractivity contribution in [1.29, 1.82) is 0 Å². The minimum Gasteiger partial charge on any atom is -0.507 e. The van der Waals surface area contributed by atoms with Crippen LogP contribution in [0.4, 0.5) is 10.1 Å². The van der Waals surface area contributed by atoms with Crippen LogP contribution in [-0.2, 0) is 9.59 Å². The number of nitrogens with zero attached hydrogens (tertiary/aromatic N) is 1. The van der Waals surface area contributed by atoms with Gasteiger partial charge in [-0.15, -0.1) is 0 Å². The van der Waals surface area contributed by atoms with E-state index in [1.165, 1.54) is 55.5 Å². The molecule has 1 saturated heterocycles. The summed E-state index contributed by atoms with van der Waals surface area (Å²) in [5.74, 6) is -2.30. The Morgan fingerprint density at radius 1 is 0.941 bits per heavy atom. The Balaban J connectivity index is 1.98. The molecule has 0 aliphatic carbocycles. The van der Waals surface area contributed by atoms with E-state index in [2.05, 4.69) is 0 Å². The number of amides is 1. The number of benzene rings is 3. The maximum atomic E-state index is 13.7. The van der Waals surface area contributed by atoms with Gasteiger partial charge in [0, 0.05) is 16.8 Å². The monoisotopic (exact) mass is 501 g/mol. The molecule has 1 unspecified atom stereocenters. The Morgan fingerprint density at radius 3 is 2.15 bits per heavy atom. The smallest absolute Gasteiger partial charge is 0.300 e. The molecule has 3 aromatic carbocycles. The van der Waals surface area contributed by atoms with Crippen LogP contribution < -0.4 is 14.4 Å². The molecule has 1 amide bonds. The molecule has 1 N–H and O–H groups in total. The lowest BCUT2D eigenvalue weighted by Crippen LogP contribution is -2.29. The molecule has 4 rings (SSSR count). The van der Waals surface area contributed by atoms with E-state index in [1.54, 1.807) is 24.3 Å². The second-order valence-electron chi connectivity index (χ2n) is 7.38. The van der Waals surface area contributed by atoms with Crippen LogP contribution in [0.25, 0.3) is 5.76 Å². The van der Waals surface area contributed by atoms with Gasteiger partial charge in [-0.05, 0) is 48.0 Å². The SMILES string of the molecule is COc1cc(OC)c(/C(O)=C2\C(=O)C(=O)N(c3ccc(Cl)cc3)C2c2ccc(F)cc2)cc1Cl. The summed E-state index contributed by atoms with van der Waals surface area (Å²) >= 11 is 12.2. The van der Waals surface area contributed by atoms with E-state index in [1.807, 2.05) is 0 Å². The second-order valence-corrected chi connectivity index (χ2v) is 8.23. The van der Waals surface area contributed by atoms with Crippen molar-refractivity contribution in [3.63, 3.8) is 0 Å². The van der Waals surface area contributed by atoms with Gasteiger partial charge in [-0.3, -0.25) is 14.5 Å². The van der Waals surface area contributed by atoms with Crippen LogP contribution in [-0.4, -0.2) is 31.0 Å². The van der Waals surface area contributed by atoms with Gasteiger partial charge in [0.1, 0.15) is 23.1 Å². The minimum atomic E-state index is -1.05. The molecule has 1 heterocycles. The highest BCUT2D eigenvalue weighted by molar-refractivity contribution is 6.51. The molecule has 0 bridgehead atoms. The van der Waals surface area contributed by atoms with Crippen LogP contribution in [0, 0.1) is 5.82 Å². The van der Waals surface area contributed by atoms with Gasteiger partial charge in [-0.25, -0.2) is 4.39 Å². The van der Waals surface area contributed by atoms with E-state index < -0.39 is 29.3 Å². The predicted octanol–water partition coefficient (Wildman–Crippen LogP) is 5.78. The number of rotatable bonds is 5. The van der Waals surface area contributed by atoms with E-state index in [4.69, 9.17) is 32.7 Å². The lowest BCUT2D eigenvalue weighted by molar-refractivity contribution is -0.132. The van der Waals surface area contributed by atoms with Crippen molar-refractivity contribution >= 4 is 46.3 Å². The number of methoxy groups -OCH3 is 2. The summed E-state index contributed by atoms with van der Waals surface area (Å²) < 4.78 is 24.2. The summed E-state index contributed by atoms with van der Waals surface area (Å²) in [4.78, 5) is 27.6. The molecule has 0 saturated carbocycles. The Labute approximate surface area is 204 Å². The van der Waals surface area contributed by atoms with Crippen molar-refractivity contribution in [3.05, 3.63) is 93.2 Å². The van der Waals surface area contributed by atoms with E-state index in [-0.39, 0.29) is 21.9 Å². The Morgan fingerprint density at radius 2 is 1.56 bits per heavy atom. The second kappa shape index (κ2) is 9.37. The Hall–Kier alpha value is -3.55. The first-order valence-electron chi connectivity index (χ1n) is 10.0. The first-order chi connectivity index (χ1) is 16.3. The lowest BCUT2D eigenvalue weighted by atomic mass is 9.94. The van der Waals surface area contributed by atoms with Crippen molar-refractivity contribution < 1.29 is 28.6 Å². The normalized spacial score (nSPS) is 17.2. The zero-order valence-electron chi connectivity index (χ0n) is 18.0. The van der Waals surface area contributed by atoms with Crippen molar-refractivity contribution in [1.82, 2.24) is 0 Å². The molecule has 9 heteroatoms. The van der Waals surface area contributed by atoms with Crippen LogP contribution in [0.2, 0.25) is 10.0 Å².